The van der Waals surface area contributed by atoms with E-state index in [0.717, 1.165) is 16.8 Å². The molecule has 0 aliphatic rings. The molecular formula is C20H16N2O. The van der Waals surface area contributed by atoms with Crippen LogP contribution in [0.3, 0.4) is 0 Å². The summed E-state index contributed by atoms with van der Waals surface area (Å²) in [5.74, 6) is 0. The molecule has 0 saturated carbocycles. The van der Waals surface area contributed by atoms with E-state index >= 15 is 0 Å². The SMILES string of the molecule is OC(c1ccccc1)(c1ccccc1)c1cn2ccccc2n1. The standard InChI is InChI=1S/C20H16N2O/c23-20(16-9-3-1-4-10-16,17-11-5-2-6-12-17)18-15-22-14-8-7-13-19(22)21-18/h1-15,23H. The van der Waals surface area contributed by atoms with Crippen LogP contribution in [0.15, 0.2) is 91.3 Å². The molecule has 0 aliphatic carbocycles. The second-order valence-corrected chi connectivity index (χ2v) is 5.53. The van der Waals surface area contributed by atoms with Gasteiger partial charge in [-0.05, 0) is 23.3 Å². The van der Waals surface area contributed by atoms with Crippen molar-refractivity contribution in [2.45, 2.75) is 5.60 Å². The molecule has 3 heteroatoms. The number of nitrogens with zero attached hydrogens (tertiary/aromatic N) is 2. The van der Waals surface area contributed by atoms with E-state index in [9.17, 15) is 5.11 Å². The molecule has 112 valence electrons. The summed E-state index contributed by atoms with van der Waals surface area (Å²) in [5, 5.41) is 11.7. The first kappa shape index (κ1) is 13.7. The van der Waals surface area contributed by atoms with E-state index in [4.69, 9.17) is 0 Å². The Morgan fingerprint density at radius 3 is 1.87 bits per heavy atom. The molecule has 4 aromatic rings. The van der Waals surface area contributed by atoms with Crippen LogP contribution in [0.25, 0.3) is 5.65 Å². The zero-order chi connectivity index (χ0) is 15.7. The Kier molecular flexibility index (Phi) is 3.21. The molecule has 0 saturated heterocycles. The van der Waals surface area contributed by atoms with Gasteiger partial charge in [-0.15, -0.1) is 0 Å². The van der Waals surface area contributed by atoms with E-state index < -0.39 is 5.60 Å². The fraction of sp³-hybridized carbons (Fsp3) is 0.0500. The minimum atomic E-state index is -1.28. The van der Waals surface area contributed by atoms with Crippen LogP contribution in [0.1, 0.15) is 16.8 Å². The lowest BCUT2D eigenvalue weighted by molar-refractivity contribution is 0.121. The topological polar surface area (TPSA) is 37.5 Å². The first-order valence-electron chi connectivity index (χ1n) is 7.56. The highest BCUT2D eigenvalue weighted by atomic mass is 16.3. The van der Waals surface area contributed by atoms with Crippen molar-refractivity contribution in [3.63, 3.8) is 0 Å². The molecule has 0 spiro atoms. The maximum atomic E-state index is 11.7. The molecule has 2 aromatic heterocycles. The lowest BCUT2D eigenvalue weighted by Gasteiger charge is -2.27. The van der Waals surface area contributed by atoms with Crippen LogP contribution in [-0.4, -0.2) is 14.5 Å². The minimum Gasteiger partial charge on any atom is -0.374 e. The maximum Gasteiger partial charge on any atom is 0.158 e. The van der Waals surface area contributed by atoms with Gasteiger partial charge in [0.25, 0.3) is 0 Å². The molecule has 0 aliphatic heterocycles. The van der Waals surface area contributed by atoms with Gasteiger partial charge < -0.3 is 9.51 Å². The Morgan fingerprint density at radius 2 is 1.30 bits per heavy atom. The number of hydrogen-bond acceptors (Lipinski definition) is 2. The first-order chi connectivity index (χ1) is 11.3. The highest BCUT2D eigenvalue weighted by Crippen LogP contribution is 2.35. The van der Waals surface area contributed by atoms with Crippen LogP contribution in [0.4, 0.5) is 0 Å². The molecule has 0 bridgehead atoms. The Hall–Kier alpha value is -2.91. The number of imidazole rings is 1. The van der Waals surface area contributed by atoms with Gasteiger partial charge in [0.15, 0.2) is 5.60 Å². The van der Waals surface area contributed by atoms with E-state index in [1.54, 1.807) is 0 Å². The number of benzene rings is 2. The second kappa shape index (κ2) is 5.38. The van der Waals surface area contributed by atoms with Crippen molar-refractivity contribution < 1.29 is 5.11 Å². The van der Waals surface area contributed by atoms with E-state index in [1.807, 2.05) is 95.7 Å². The van der Waals surface area contributed by atoms with E-state index in [-0.39, 0.29) is 0 Å². The van der Waals surface area contributed by atoms with Crippen LogP contribution in [0.2, 0.25) is 0 Å². The van der Waals surface area contributed by atoms with Gasteiger partial charge in [-0.25, -0.2) is 4.98 Å². The monoisotopic (exact) mass is 300 g/mol. The third-order valence-electron chi connectivity index (χ3n) is 4.12. The molecule has 4 rings (SSSR count). The van der Waals surface area contributed by atoms with Gasteiger partial charge >= 0.3 is 0 Å². The summed E-state index contributed by atoms with van der Waals surface area (Å²) < 4.78 is 1.92. The van der Waals surface area contributed by atoms with Gasteiger partial charge in [0.05, 0.1) is 0 Å². The van der Waals surface area contributed by atoms with Crippen LogP contribution in [0.5, 0.6) is 0 Å². The number of aliphatic hydroxyl groups is 1. The molecular weight excluding hydrogens is 284 g/mol. The number of fused-ring (bicyclic) bond motifs is 1. The van der Waals surface area contributed by atoms with Crippen LogP contribution in [0, 0.1) is 0 Å². The molecule has 23 heavy (non-hydrogen) atoms. The summed E-state index contributed by atoms with van der Waals surface area (Å²) in [4.78, 5) is 4.65. The zero-order valence-electron chi connectivity index (χ0n) is 12.5. The summed E-state index contributed by atoms with van der Waals surface area (Å²) >= 11 is 0. The van der Waals surface area contributed by atoms with Gasteiger partial charge in [-0.3, -0.25) is 0 Å². The zero-order valence-corrected chi connectivity index (χ0v) is 12.5. The van der Waals surface area contributed by atoms with Gasteiger partial charge in [0, 0.05) is 12.4 Å². The van der Waals surface area contributed by atoms with Crippen molar-refractivity contribution in [1.29, 1.82) is 0 Å². The van der Waals surface area contributed by atoms with Crippen molar-refractivity contribution in [1.82, 2.24) is 9.38 Å². The van der Waals surface area contributed by atoms with Crippen molar-refractivity contribution >= 4 is 5.65 Å². The van der Waals surface area contributed by atoms with E-state index in [2.05, 4.69) is 4.98 Å². The highest BCUT2D eigenvalue weighted by molar-refractivity contribution is 5.48. The second-order valence-electron chi connectivity index (χ2n) is 5.53. The average molecular weight is 300 g/mol. The minimum absolute atomic E-state index is 0.612. The Balaban J connectivity index is 1.99. The van der Waals surface area contributed by atoms with Crippen LogP contribution >= 0.6 is 0 Å². The number of hydrogen-bond donors (Lipinski definition) is 1. The Bertz CT molecular complexity index is 857. The fourth-order valence-electron chi connectivity index (χ4n) is 2.93. The van der Waals surface area contributed by atoms with E-state index in [0.29, 0.717) is 5.69 Å². The molecule has 0 fully saturated rings. The smallest absolute Gasteiger partial charge is 0.158 e. The molecule has 3 nitrogen and oxygen atoms in total. The van der Waals surface area contributed by atoms with E-state index in [1.165, 1.54) is 0 Å². The van der Waals surface area contributed by atoms with Crippen LogP contribution in [-0.2, 0) is 5.60 Å². The summed E-state index contributed by atoms with van der Waals surface area (Å²) in [6.45, 7) is 0. The summed E-state index contributed by atoms with van der Waals surface area (Å²) in [6, 6.07) is 25.1. The number of pyridine rings is 1. The molecule has 0 radical (unpaired) electrons. The van der Waals surface area contributed by atoms with Gasteiger partial charge in [-0.1, -0.05) is 66.7 Å². The Morgan fingerprint density at radius 1 is 0.739 bits per heavy atom. The summed E-state index contributed by atoms with van der Waals surface area (Å²) in [5.41, 5.74) is 1.74. The predicted octanol–water partition coefficient (Wildman–Crippen LogP) is 3.62. The lowest BCUT2D eigenvalue weighted by Crippen LogP contribution is -2.29. The third-order valence-corrected chi connectivity index (χ3v) is 4.12. The average Bonchev–Trinajstić information content (AvgIpc) is 3.07. The van der Waals surface area contributed by atoms with Crippen LogP contribution < -0.4 is 0 Å². The molecule has 0 atom stereocenters. The summed E-state index contributed by atoms with van der Waals surface area (Å²) in [7, 11) is 0. The lowest BCUT2D eigenvalue weighted by atomic mass is 9.84. The van der Waals surface area contributed by atoms with Crippen molar-refractivity contribution in [2.75, 3.05) is 0 Å². The fourth-order valence-corrected chi connectivity index (χ4v) is 2.93. The van der Waals surface area contributed by atoms with Crippen molar-refractivity contribution in [2.24, 2.45) is 0 Å². The number of aromatic nitrogens is 2. The highest BCUT2D eigenvalue weighted by Gasteiger charge is 2.36. The predicted molar refractivity (Wildman–Crippen MR) is 90.2 cm³/mol. The van der Waals surface area contributed by atoms with Crippen molar-refractivity contribution in [3.05, 3.63) is 108 Å². The normalized spacial score (nSPS) is 11.7. The quantitative estimate of drug-likeness (QED) is 0.627. The largest absolute Gasteiger partial charge is 0.374 e. The summed E-state index contributed by atoms with van der Waals surface area (Å²) in [6.07, 6.45) is 3.82. The van der Waals surface area contributed by atoms with Crippen molar-refractivity contribution in [3.8, 4) is 0 Å². The van der Waals surface area contributed by atoms with Gasteiger partial charge in [0.1, 0.15) is 11.3 Å². The Labute approximate surface area is 134 Å². The van der Waals surface area contributed by atoms with Gasteiger partial charge in [0.2, 0.25) is 0 Å². The van der Waals surface area contributed by atoms with Gasteiger partial charge in [-0.2, -0.15) is 0 Å². The molecule has 0 unspecified atom stereocenters. The molecule has 2 aromatic carbocycles. The molecule has 2 heterocycles. The molecule has 0 amide bonds. The third kappa shape index (κ3) is 2.22. The molecule has 1 N–H and O–H groups in total. The number of rotatable bonds is 3. The maximum absolute atomic E-state index is 11.7. The first-order valence-corrected chi connectivity index (χ1v) is 7.56.